The summed E-state index contributed by atoms with van der Waals surface area (Å²) in [5.74, 6) is -1.58. The number of anilines is 1. The number of nitrogens with one attached hydrogen (secondary N) is 2. The standard InChI is InChI=1S/C23H25BN4O5/c1-14-13-27(2)9-10-28(14)23(31)21(29)18-12-25-20-17(18)7-4-8-19(20)26-22(30)15-5-3-6-16(11-15)24(32)33/h3-8,11-12,14,25,32-33H,9-10,13H2,1-2H3,(H,26,30)/t14-/m1/s1. The third-order valence-corrected chi connectivity index (χ3v) is 5.94. The molecule has 1 saturated heterocycles. The summed E-state index contributed by atoms with van der Waals surface area (Å²) < 4.78 is 0. The van der Waals surface area contributed by atoms with Crippen LogP contribution in [0.4, 0.5) is 5.69 Å². The molecule has 170 valence electrons. The van der Waals surface area contributed by atoms with Crippen LogP contribution in [-0.2, 0) is 4.79 Å². The highest BCUT2D eigenvalue weighted by Gasteiger charge is 2.31. The molecule has 2 heterocycles. The lowest BCUT2D eigenvalue weighted by Gasteiger charge is -2.37. The Morgan fingerprint density at radius 3 is 2.61 bits per heavy atom. The predicted molar refractivity (Wildman–Crippen MR) is 126 cm³/mol. The zero-order valence-electron chi connectivity index (χ0n) is 18.4. The molecule has 1 aromatic heterocycles. The van der Waals surface area contributed by atoms with Gasteiger partial charge in [0.2, 0.25) is 0 Å². The van der Waals surface area contributed by atoms with Gasteiger partial charge in [0.25, 0.3) is 17.6 Å². The third kappa shape index (κ3) is 4.54. The average Bonchev–Trinajstić information content (AvgIpc) is 3.23. The van der Waals surface area contributed by atoms with Gasteiger partial charge in [-0.15, -0.1) is 0 Å². The minimum Gasteiger partial charge on any atom is -0.423 e. The molecular weight excluding hydrogens is 423 g/mol. The Morgan fingerprint density at radius 1 is 1.12 bits per heavy atom. The van der Waals surface area contributed by atoms with E-state index in [9.17, 15) is 24.4 Å². The number of rotatable bonds is 5. The van der Waals surface area contributed by atoms with Crippen LogP contribution < -0.4 is 10.8 Å². The Morgan fingerprint density at radius 2 is 1.88 bits per heavy atom. The number of benzene rings is 2. The first-order chi connectivity index (χ1) is 15.8. The van der Waals surface area contributed by atoms with E-state index in [4.69, 9.17) is 0 Å². The van der Waals surface area contributed by atoms with E-state index in [0.717, 1.165) is 0 Å². The minimum absolute atomic E-state index is 0.0616. The lowest BCUT2D eigenvalue weighted by atomic mass is 9.79. The number of hydrogen-bond donors (Lipinski definition) is 4. The van der Waals surface area contributed by atoms with E-state index in [1.807, 2.05) is 14.0 Å². The lowest BCUT2D eigenvalue weighted by Crippen LogP contribution is -2.54. The molecule has 9 nitrogen and oxygen atoms in total. The number of aromatic nitrogens is 1. The summed E-state index contributed by atoms with van der Waals surface area (Å²) in [6.07, 6.45) is 1.49. The molecule has 2 aromatic carbocycles. The van der Waals surface area contributed by atoms with Gasteiger partial charge in [-0.3, -0.25) is 14.4 Å². The van der Waals surface area contributed by atoms with Gasteiger partial charge in [-0.25, -0.2) is 0 Å². The molecule has 4 rings (SSSR count). The third-order valence-electron chi connectivity index (χ3n) is 5.94. The number of Topliss-reactive ketones (excluding diaryl/α,β-unsaturated/α-hetero) is 1. The number of fused-ring (bicyclic) bond motifs is 1. The smallest absolute Gasteiger partial charge is 0.423 e. The van der Waals surface area contributed by atoms with Crippen molar-refractivity contribution >= 4 is 46.8 Å². The molecule has 2 amide bonds. The minimum atomic E-state index is -1.68. The van der Waals surface area contributed by atoms with Crippen molar-refractivity contribution in [3.8, 4) is 0 Å². The topological polar surface area (TPSA) is 126 Å². The van der Waals surface area contributed by atoms with Gasteiger partial charge in [-0.1, -0.05) is 24.3 Å². The van der Waals surface area contributed by atoms with Crippen molar-refractivity contribution in [2.45, 2.75) is 13.0 Å². The highest BCUT2D eigenvalue weighted by Crippen LogP contribution is 2.27. The zero-order chi connectivity index (χ0) is 23.7. The molecule has 0 radical (unpaired) electrons. The van der Waals surface area contributed by atoms with Crippen LogP contribution in [-0.4, -0.2) is 82.3 Å². The molecule has 1 fully saturated rings. The van der Waals surface area contributed by atoms with Crippen molar-refractivity contribution in [2.75, 3.05) is 32.0 Å². The van der Waals surface area contributed by atoms with E-state index in [-0.39, 0.29) is 22.6 Å². The Hall–Kier alpha value is -3.47. The Kier molecular flexibility index (Phi) is 6.32. The fourth-order valence-corrected chi connectivity index (χ4v) is 4.17. The number of hydrogen-bond acceptors (Lipinski definition) is 6. The Balaban J connectivity index is 1.58. The molecule has 1 atom stereocenters. The van der Waals surface area contributed by atoms with Crippen molar-refractivity contribution in [3.05, 3.63) is 59.8 Å². The number of aromatic amines is 1. The van der Waals surface area contributed by atoms with Crippen LogP contribution in [0.3, 0.4) is 0 Å². The van der Waals surface area contributed by atoms with Crippen LogP contribution in [0, 0.1) is 0 Å². The molecule has 0 spiro atoms. The fourth-order valence-electron chi connectivity index (χ4n) is 4.17. The molecule has 1 aliphatic rings. The first kappa shape index (κ1) is 22.7. The molecule has 3 aromatic rings. The van der Waals surface area contributed by atoms with Crippen LogP contribution in [0.2, 0.25) is 0 Å². The van der Waals surface area contributed by atoms with E-state index < -0.39 is 24.7 Å². The number of likely N-dealkylation sites (N-methyl/N-ethyl adjacent to an activating group) is 1. The number of para-hydroxylation sites is 1. The van der Waals surface area contributed by atoms with E-state index in [0.29, 0.717) is 36.2 Å². The van der Waals surface area contributed by atoms with Crippen LogP contribution in [0.15, 0.2) is 48.7 Å². The van der Waals surface area contributed by atoms with E-state index >= 15 is 0 Å². The van der Waals surface area contributed by atoms with E-state index in [2.05, 4.69) is 15.2 Å². The average molecular weight is 448 g/mol. The molecule has 0 bridgehead atoms. The molecule has 4 N–H and O–H groups in total. The second-order valence-corrected chi connectivity index (χ2v) is 8.32. The van der Waals surface area contributed by atoms with Crippen molar-refractivity contribution in [2.24, 2.45) is 0 Å². The highest BCUT2D eigenvalue weighted by atomic mass is 16.4. The summed E-state index contributed by atoms with van der Waals surface area (Å²) in [4.78, 5) is 45.4. The number of piperazine rings is 1. The molecular formula is C23H25BN4O5. The second-order valence-electron chi connectivity index (χ2n) is 8.32. The predicted octanol–water partition coefficient (Wildman–Crippen LogP) is 0.445. The maximum Gasteiger partial charge on any atom is 0.488 e. The normalized spacial score (nSPS) is 16.6. The van der Waals surface area contributed by atoms with Gasteiger partial charge in [0, 0.05) is 42.8 Å². The quantitative estimate of drug-likeness (QED) is 0.255. The van der Waals surface area contributed by atoms with Gasteiger partial charge in [-0.05, 0) is 37.6 Å². The molecule has 0 saturated carbocycles. The van der Waals surface area contributed by atoms with E-state index in [1.54, 1.807) is 35.2 Å². The van der Waals surface area contributed by atoms with Crippen molar-refractivity contribution in [1.29, 1.82) is 0 Å². The van der Waals surface area contributed by atoms with Crippen molar-refractivity contribution in [3.63, 3.8) is 0 Å². The van der Waals surface area contributed by atoms with Gasteiger partial charge < -0.3 is 30.1 Å². The van der Waals surface area contributed by atoms with Crippen molar-refractivity contribution < 1.29 is 24.4 Å². The number of carbonyl (C=O) groups is 3. The monoisotopic (exact) mass is 448 g/mol. The number of ketones is 1. The molecule has 1 aliphatic heterocycles. The summed E-state index contributed by atoms with van der Waals surface area (Å²) >= 11 is 0. The summed E-state index contributed by atoms with van der Waals surface area (Å²) in [5, 5.41) is 22.0. The Bertz CT molecular complexity index is 1220. The SMILES string of the molecule is C[C@@H]1CN(C)CCN1C(=O)C(=O)c1c[nH]c2c(NC(=O)c3cccc(B(O)O)c3)cccc12. The summed E-state index contributed by atoms with van der Waals surface area (Å²) in [6.45, 7) is 3.83. The van der Waals surface area contributed by atoms with Gasteiger partial charge in [0.1, 0.15) is 0 Å². The number of H-pyrrole nitrogens is 1. The molecule has 0 aliphatic carbocycles. The Labute approximate surface area is 191 Å². The summed E-state index contributed by atoms with van der Waals surface area (Å²) in [5.41, 5.74) is 1.66. The van der Waals surface area contributed by atoms with Crippen LogP contribution >= 0.6 is 0 Å². The number of carbonyl (C=O) groups excluding carboxylic acids is 3. The second kappa shape index (κ2) is 9.18. The first-order valence-corrected chi connectivity index (χ1v) is 10.7. The van der Waals surface area contributed by atoms with Gasteiger partial charge >= 0.3 is 7.12 Å². The first-order valence-electron chi connectivity index (χ1n) is 10.7. The van der Waals surface area contributed by atoms with Gasteiger partial charge in [-0.2, -0.15) is 0 Å². The summed E-state index contributed by atoms with van der Waals surface area (Å²) in [7, 11) is 0.302. The number of amides is 2. The maximum absolute atomic E-state index is 13.0. The molecule has 0 unspecified atom stereocenters. The highest BCUT2D eigenvalue weighted by molar-refractivity contribution is 6.58. The molecule has 33 heavy (non-hydrogen) atoms. The largest absolute Gasteiger partial charge is 0.488 e. The molecule has 10 heteroatoms. The van der Waals surface area contributed by atoms with Crippen LogP contribution in [0.25, 0.3) is 10.9 Å². The van der Waals surface area contributed by atoms with Crippen molar-refractivity contribution in [1.82, 2.24) is 14.8 Å². The van der Waals surface area contributed by atoms with E-state index in [1.165, 1.54) is 18.3 Å². The van der Waals surface area contributed by atoms with Gasteiger partial charge in [0.05, 0.1) is 16.8 Å². The summed E-state index contributed by atoms with van der Waals surface area (Å²) in [6, 6.07) is 11.0. The fraction of sp³-hybridized carbons (Fsp3) is 0.261. The van der Waals surface area contributed by atoms with Gasteiger partial charge in [0.15, 0.2) is 0 Å². The van der Waals surface area contributed by atoms with Crippen LogP contribution in [0.1, 0.15) is 27.6 Å². The van der Waals surface area contributed by atoms with Crippen LogP contribution in [0.5, 0.6) is 0 Å². The maximum atomic E-state index is 13.0. The zero-order valence-corrected chi connectivity index (χ0v) is 18.4. The number of nitrogens with zero attached hydrogens (tertiary/aromatic N) is 2. The lowest BCUT2D eigenvalue weighted by molar-refractivity contribution is -0.130.